The minimum absolute atomic E-state index is 0.0105. The van der Waals surface area contributed by atoms with Gasteiger partial charge < -0.3 is 20.1 Å². The summed E-state index contributed by atoms with van der Waals surface area (Å²) in [7, 11) is 3.25. The molecule has 3 rings (SSSR count). The lowest BCUT2D eigenvalue weighted by molar-refractivity contribution is -0.170. The Kier molecular flexibility index (Phi) is 8.14. The Morgan fingerprint density at radius 3 is 2.51 bits per heavy atom. The number of carbonyl (C=O) groups excluding carboxylic acids is 1. The van der Waals surface area contributed by atoms with Gasteiger partial charge in [0.05, 0.1) is 23.7 Å². The Morgan fingerprint density at radius 1 is 1.24 bits per heavy atom. The third kappa shape index (κ3) is 5.70. The van der Waals surface area contributed by atoms with E-state index in [1.807, 2.05) is 6.07 Å². The zero-order valence-corrected chi connectivity index (χ0v) is 22.1. The summed E-state index contributed by atoms with van der Waals surface area (Å²) in [5.74, 6) is -4.26. The van der Waals surface area contributed by atoms with Crippen molar-refractivity contribution < 1.29 is 27.8 Å². The number of rotatable bonds is 9. The highest BCUT2D eigenvalue weighted by Gasteiger charge is 2.49. The van der Waals surface area contributed by atoms with Gasteiger partial charge in [-0.15, -0.1) is 0 Å². The van der Waals surface area contributed by atoms with E-state index in [2.05, 4.69) is 15.3 Å². The van der Waals surface area contributed by atoms with Crippen LogP contribution in [0, 0.1) is 12.7 Å². The van der Waals surface area contributed by atoms with Gasteiger partial charge in [-0.05, 0) is 57.9 Å². The van der Waals surface area contributed by atoms with Crippen LogP contribution in [0.3, 0.4) is 0 Å². The molecule has 0 fully saturated rings. The van der Waals surface area contributed by atoms with Gasteiger partial charge in [0.25, 0.3) is 0 Å². The van der Waals surface area contributed by atoms with Gasteiger partial charge in [0.15, 0.2) is 0 Å². The Bertz CT molecular complexity index is 1310. The maximum absolute atomic E-state index is 15.4. The summed E-state index contributed by atoms with van der Waals surface area (Å²) in [6, 6.07) is 6.59. The lowest BCUT2D eigenvalue weighted by atomic mass is 9.91. The van der Waals surface area contributed by atoms with Crippen molar-refractivity contribution in [3.63, 3.8) is 0 Å². The van der Waals surface area contributed by atoms with Crippen molar-refractivity contribution in [3.8, 4) is 0 Å². The molecule has 0 aliphatic rings. The van der Waals surface area contributed by atoms with Crippen LogP contribution in [0.1, 0.15) is 56.3 Å². The standard InChI is InChI=1S/C27H33F3N4O3/c1-15(19-9-8-10-21(24(19)28)27(29,30)26(4,5)36)31-25-20-14-23(34(6)17(3)35)18(11-12-37-7)13-22(20)32-16(2)33-25/h8-10,13-15,36H,11-12H2,1-7H3,(H,31,32,33)/t15-/m1/s1. The summed E-state index contributed by atoms with van der Waals surface area (Å²) in [5.41, 5.74) is -1.23. The quantitative estimate of drug-likeness (QED) is 0.401. The van der Waals surface area contributed by atoms with Crippen molar-refractivity contribution in [2.24, 2.45) is 0 Å². The molecular formula is C27H33F3N4O3. The highest BCUT2D eigenvalue weighted by Crippen LogP contribution is 2.41. The van der Waals surface area contributed by atoms with Gasteiger partial charge in [-0.3, -0.25) is 4.79 Å². The number of methoxy groups -OCH3 is 1. The number of aryl methyl sites for hydroxylation is 1. The van der Waals surface area contributed by atoms with Gasteiger partial charge >= 0.3 is 5.92 Å². The van der Waals surface area contributed by atoms with E-state index in [-0.39, 0.29) is 11.5 Å². The second-order valence-electron chi connectivity index (χ2n) is 9.65. The Balaban J connectivity index is 2.11. The molecule has 1 heterocycles. The molecule has 200 valence electrons. The summed E-state index contributed by atoms with van der Waals surface area (Å²) in [6.07, 6.45) is 0.551. The van der Waals surface area contributed by atoms with Crippen LogP contribution in [0.4, 0.5) is 24.7 Å². The molecule has 0 radical (unpaired) electrons. The average Bonchev–Trinajstić information content (AvgIpc) is 2.80. The van der Waals surface area contributed by atoms with E-state index in [0.717, 1.165) is 25.5 Å². The molecule has 1 atom stereocenters. The minimum atomic E-state index is -3.81. The predicted octanol–water partition coefficient (Wildman–Crippen LogP) is 5.28. The fourth-order valence-electron chi connectivity index (χ4n) is 4.07. The number of carbonyl (C=O) groups is 1. The molecule has 10 heteroatoms. The molecule has 0 saturated heterocycles. The third-order valence-corrected chi connectivity index (χ3v) is 6.37. The van der Waals surface area contributed by atoms with Gasteiger partial charge in [0.1, 0.15) is 23.1 Å². The number of alkyl halides is 2. The molecule has 0 saturated carbocycles. The van der Waals surface area contributed by atoms with Gasteiger partial charge in [-0.25, -0.2) is 14.4 Å². The zero-order valence-electron chi connectivity index (χ0n) is 22.1. The maximum atomic E-state index is 15.4. The van der Waals surface area contributed by atoms with Gasteiger partial charge in [0.2, 0.25) is 5.91 Å². The van der Waals surface area contributed by atoms with Crippen LogP contribution in [-0.4, -0.2) is 47.3 Å². The monoisotopic (exact) mass is 518 g/mol. The number of aromatic nitrogens is 2. The topological polar surface area (TPSA) is 87.6 Å². The number of aliphatic hydroxyl groups is 1. The molecule has 3 aromatic rings. The molecule has 2 N–H and O–H groups in total. The van der Waals surface area contributed by atoms with E-state index in [9.17, 15) is 18.7 Å². The first-order valence-electron chi connectivity index (χ1n) is 11.9. The Hall–Kier alpha value is -3.24. The second-order valence-corrected chi connectivity index (χ2v) is 9.65. The molecule has 0 spiro atoms. The summed E-state index contributed by atoms with van der Waals surface area (Å²) in [6.45, 7) is 7.12. The first-order valence-corrected chi connectivity index (χ1v) is 11.9. The number of anilines is 2. The normalized spacial score (nSPS) is 13.1. The molecule has 0 unspecified atom stereocenters. The number of nitrogens with zero attached hydrogens (tertiary/aromatic N) is 3. The first-order chi connectivity index (χ1) is 17.2. The van der Waals surface area contributed by atoms with Crippen LogP contribution < -0.4 is 10.2 Å². The van der Waals surface area contributed by atoms with Gasteiger partial charge in [0, 0.05) is 37.7 Å². The molecule has 1 amide bonds. The SMILES string of the molecule is COCCc1cc2nc(C)nc(N[C@H](C)c3cccc(C(F)(F)C(C)(C)O)c3F)c2cc1N(C)C(C)=O. The van der Waals surface area contributed by atoms with Crippen molar-refractivity contribution in [3.05, 3.63) is 58.7 Å². The first kappa shape index (κ1) is 28.3. The number of hydrogen-bond donors (Lipinski definition) is 2. The maximum Gasteiger partial charge on any atom is 0.303 e. The van der Waals surface area contributed by atoms with Crippen molar-refractivity contribution >= 4 is 28.3 Å². The minimum Gasteiger partial charge on any atom is -0.384 e. The molecule has 1 aromatic heterocycles. The number of ether oxygens (including phenoxy) is 1. The highest BCUT2D eigenvalue weighted by atomic mass is 19.3. The number of benzene rings is 2. The van der Waals surface area contributed by atoms with E-state index >= 15 is 4.39 Å². The number of hydrogen-bond acceptors (Lipinski definition) is 6. The Labute approximate surface area is 214 Å². The predicted molar refractivity (Wildman–Crippen MR) is 138 cm³/mol. The van der Waals surface area contributed by atoms with E-state index in [4.69, 9.17) is 4.74 Å². The summed E-state index contributed by atoms with van der Waals surface area (Å²) in [5, 5.41) is 13.7. The van der Waals surface area contributed by atoms with Crippen molar-refractivity contribution in [2.45, 2.75) is 58.6 Å². The smallest absolute Gasteiger partial charge is 0.303 e. The largest absolute Gasteiger partial charge is 0.384 e. The van der Waals surface area contributed by atoms with E-state index < -0.39 is 28.9 Å². The van der Waals surface area contributed by atoms with Crippen molar-refractivity contribution in [1.29, 1.82) is 0 Å². The van der Waals surface area contributed by atoms with Crippen LogP contribution in [0.15, 0.2) is 30.3 Å². The van der Waals surface area contributed by atoms with Crippen LogP contribution in [-0.2, 0) is 21.9 Å². The van der Waals surface area contributed by atoms with Crippen molar-refractivity contribution in [2.75, 3.05) is 31.0 Å². The number of halogens is 3. The zero-order chi connectivity index (χ0) is 27.7. The van der Waals surface area contributed by atoms with Crippen LogP contribution in [0.25, 0.3) is 10.9 Å². The summed E-state index contributed by atoms with van der Waals surface area (Å²) < 4.78 is 50.2. The average molecular weight is 519 g/mol. The van der Waals surface area contributed by atoms with Crippen LogP contribution >= 0.6 is 0 Å². The van der Waals surface area contributed by atoms with Crippen molar-refractivity contribution in [1.82, 2.24) is 9.97 Å². The molecular weight excluding hydrogens is 485 g/mol. The highest BCUT2D eigenvalue weighted by molar-refractivity contribution is 5.98. The number of fused-ring (bicyclic) bond motifs is 1. The van der Waals surface area contributed by atoms with E-state index in [1.54, 1.807) is 34.1 Å². The molecule has 0 aliphatic heterocycles. The summed E-state index contributed by atoms with van der Waals surface area (Å²) in [4.78, 5) is 22.7. The lowest BCUT2D eigenvalue weighted by Gasteiger charge is -2.30. The van der Waals surface area contributed by atoms with Crippen LogP contribution in [0.2, 0.25) is 0 Å². The van der Waals surface area contributed by atoms with Gasteiger partial charge in [-0.2, -0.15) is 8.78 Å². The lowest BCUT2D eigenvalue weighted by Crippen LogP contribution is -2.41. The fraction of sp³-hybridized carbons (Fsp3) is 0.444. The molecule has 2 aromatic carbocycles. The molecule has 37 heavy (non-hydrogen) atoms. The Morgan fingerprint density at radius 2 is 1.92 bits per heavy atom. The second kappa shape index (κ2) is 10.6. The molecule has 7 nitrogen and oxygen atoms in total. The molecule has 0 bridgehead atoms. The van der Waals surface area contributed by atoms with Crippen LogP contribution in [0.5, 0.6) is 0 Å². The van der Waals surface area contributed by atoms with E-state index in [1.165, 1.54) is 24.0 Å². The third-order valence-electron chi connectivity index (χ3n) is 6.37. The van der Waals surface area contributed by atoms with E-state index in [0.29, 0.717) is 41.3 Å². The fourth-order valence-corrected chi connectivity index (χ4v) is 4.07. The number of nitrogens with one attached hydrogen (secondary N) is 1. The molecule has 0 aliphatic carbocycles. The number of amides is 1. The van der Waals surface area contributed by atoms with Gasteiger partial charge in [-0.1, -0.05) is 12.1 Å². The summed E-state index contributed by atoms with van der Waals surface area (Å²) >= 11 is 0.